The molecule has 0 radical (unpaired) electrons. The van der Waals surface area contributed by atoms with Gasteiger partial charge in [0.2, 0.25) is 6.29 Å². The molecular weight excluding hydrogens is 489 g/mol. The lowest BCUT2D eigenvalue weighted by atomic mass is 9.99. The van der Waals surface area contributed by atoms with Crippen molar-refractivity contribution >= 4 is 46.5 Å². The summed E-state index contributed by atoms with van der Waals surface area (Å²) >= 11 is 12.4. The van der Waals surface area contributed by atoms with Crippen LogP contribution in [0.5, 0.6) is 0 Å². The Morgan fingerprint density at radius 1 is 1.03 bits per heavy atom. The number of anilines is 2. The van der Waals surface area contributed by atoms with Gasteiger partial charge in [-0.15, -0.1) is 0 Å². The fraction of sp³-hybridized carbons (Fsp3) is 0.304. The lowest BCUT2D eigenvalue weighted by molar-refractivity contribution is -0.287. The van der Waals surface area contributed by atoms with E-state index in [0.717, 1.165) is 0 Å². The third-order valence-corrected chi connectivity index (χ3v) is 5.60. The lowest BCUT2D eigenvalue weighted by Crippen LogP contribution is -2.61. The molecule has 11 heteroatoms. The van der Waals surface area contributed by atoms with Crippen LogP contribution in [0.4, 0.5) is 11.4 Å². The molecule has 2 aromatic rings. The van der Waals surface area contributed by atoms with Crippen LogP contribution in [-0.2, 0) is 30.2 Å². The lowest BCUT2D eigenvalue weighted by Gasteiger charge is -2.38. The van der Waals surface area contributed by atoms with Gasteiger partial charge in [-0.1, -0.05) is 60.1 Å². The molecule has 9 nitrogen and oxygen atoms in total. The van der Waals surface area contributed by atoms with Crippen molar-refractivity contribution in [1.82, 2.24) is 0 Å². The molecule has 1 fully saturated rings. The van der Waals surface area contributed by atoms with Crippen LogP contribution in [0.1, 0.15) is 5.56 Å². The number of rotatable bonds is 8. The topological polar surface area (TPSA) is 135 Å². The number of para-hydroxylation sites is 2. The molecule has 0 aromatic heterocycles. The molecule has 1 saturated heterocycles. The molecule has 182 valence electrons. The highest BCUT2D eigenvalue weighted by molar-refractivity contribution is 6.39. The van der Waals surface area contributed by atoms with E-state index >= 15 is 0 Å². The van der Waals surface area contributed by atoms with Gasteiger partial charge in [-0.3, -0.25) is 4.79 Å². The molecule has 4 N–H and O–H groups in total. The summed E-state index contributed by atoms with van der Waals surface area (Å²) in [5.41, 5.74) is 1.49. The summed E-state index contributed by atoms with van der Waals surface area (Å²) in [4.78, 5) is 24.7. The third kappa shape index (κ3) is 6.06. The number of aliphatic hydroxyl groups is 3. The predicted octanol–water partition coefficient (Wildman–Crippen LogP) is 2.36. The van der Waals surface area contributed by atoms with Gasteiger partial charge < -0.3 is 34.8 Å². The van der Waals surface area contributed by atoms with Gasteiger partial charge >= 0.3 is 11.9 Å². The average molecular weight is 512 g/mol. The number of carbonyl (C=O) groups is 2. The first-order valence-electron chi connectivity index (χ1n) is 10.2. The molecule has 0 bridgehead atoms. The van der Waals surface area contributed by atoms with Crippen molar-refractivity contribution in [2.75, 3.05) is 11.9 Å². The van der Waals surface area contributed by atoms with Gasteiger partial charge in [0.15, 0.2) is 6.10 Å². The number of benzene rings is 2. The van der Waals surface area contributed by atoms with Crippen LogP contribution in [-0.4, -0.2) is 64.6 Å². The highest BCUT2D eigenvalue weighted by atomic mass is 35.5. The minimum absolute atomic E-state index is 0.159. The van der Waals surface area contributed by atoms with Crippen molar-refractivity contribution in [3.8, 4) is 0 Å². The number of halogens is 2. The molecule has 2 aromatic carbocycles. The maximum atomic E-state index is 12.6. The molecule has 0 aliphatic carbocycles. The van der Waals surface area contributed by atoms with E-state index in [0.29, 0.717) is 27.0 Å². The van der Waals surface area contributed by atoms with Crippen LogP contribution in [0.3, 0.4) is 0 Å². The molecule has 1 aliphatic rings. The Kier molecular flexibility index (Phi) is 8.90. The normalized spacial score (nSPS) is 24.2. The Balaban J connectivity index is 1.71. The van der Waals surface area contributed by atoms with E-state index in [1.807, 2.05) is 0 Å². The largest absolute Gasteiger partial charge is 0.459 e. The molecule has 34 heavy (non-hydrogen) atoms. The van der Waals surface area contributed by atoms with Gasteiger partial charge in [-0.25, -0.2) is 4.79 Å². The van der Waals surface area contributed by atoms with Crippen molar-refractivity contribution in [3.05, 3.63) is 70.7 Å². The van der Waals surface area contributed by atoms with Crippen molar-refractivity contribution < 1.29 is 39.1 Å². The zero-order valence-corrected chi connectivity index (χ0v) is 19.3. The number of hydrogen-bond donors (Lipinski definition) is 4. The fourth-order valence-electron chi connectivity index (χ4n) is 3.24. The first-order valence-corrected chi connectivity index (χ1v) is 10.9. The van der Waals surface area contributed by atoms with Gasteiger partial charge in [0.05, 0.1) is 22.2 Å². The second kappa shape index (κ2) is 11.7. The molecular formula is C23H23Cl2NO8. The number of ether oxygens (including phenoxy) is 3. The van der Waals surface area contributed by atoms with Crippen molar-refractivity contribution in [2.45, 2.75) is 37.1 Å². The van der Waals surface area contributed by atoms with Crippen molar-refractivity contribution in [1.29, 1.82) is 0 Å². The van der Waals surface area contributed by atoms with E-state index in [2.05, 4.69) is 11.9 Å². The second-order valence-electron chi connectivity index (χ2n) is 7.36. The minimum atomic E-state index is -1.82. The summed E-state index contributed by atoms with van der Waals surface area (Å²) in [6.45, 7) is 3.24. The van der Waals surface area contributed by atoms with E-state index in [9.17, 15) is 24.9 Å². The van der Waals surface area contributed by atoms with E-state index < -0.39 is 42.6 Å². The molecule has 5 atom stereocenters. The zero-order chi connectivity index (χ0) is 24.8. The summed E-state index contributed by atoms with van der Waals surface area (Å²) < 4.78 is 15.2. The molecule has 2 unspecified atom stereocenters. The van der Waals surface area contributed by atoms with Gasteiger partial charge in [-0.05, 0) is 23.8 Å². The number of esters is 2. The number of nitrogens with one attached hydrogen (secondary N) is 1. The molecule has 3 rings (SSSR count). The monoisotopic (exact) mass is 511 g/mol. The fourth-order valence-corrected chi connectivity index (χ4v) is 3.73. The molecule has 1 heterocycles. The summed E-state index contributed by atoms with van der Waals surface area (Å²) in [7, 11) is 0. The van der Waals surface area contributed by atoms with E-state index in [1.165, 1.54) is 6.08 Å². The summed E-state index contributed by atoms with van der Waals surface area (Å²) in [5, 5.41) is 34.2. The van der Waals surface area contributed by atoms with Crippen LogP contribution < -0.4 is 5.32 Å². The zero-order valence-electron chi connectivity index (χ0n) is 17.8. The number of aliphatic hydroxyl groups excluding tert-OH is 3. The summed E-state index contributed by atoms with van der Waals surface area (Å²) in [5.74, 6) is -1.84. The second-order valence-corrected chi connectivity index (χ2v) is 8.18. The predicted molar refractivity (Wildman–Crippen MR) is 124 cm³/mol. The van der Waals surface area contributed by atoms with Gasteiger partial charge in [0, 0.05) is 5.69 Å². The highest BCUT2D eigenvalue weighted by Gasteiger charge is 2.49. The summed E-state index contributed by atoms with van der Waals surface area (Å²) in [6.07, 6.45) is -7.74. The molecule has 0 spiro atoms. The van der Waals surface area contributed by atoms with Crippen molar-refractivity contribution in [3.63, 3.8) is 0 Å². The van der Waals surface area contributed by atoms with Crippen LogP contribution in [0.25, 0.3) is 0 Å². The number of carbonyl (C=O) groups excluding carboxylic acids is 2. The van der Waals surface area contributed by atoms with Crippen LogP contribution >= 0.6 is 23.2 Å². The maximum Gasteiger partial charge on any atom is 0.338 e. The first-order chi connectivity index (χ1) is 16.2. The Labute approximate surface area is 205 Å². The Morgan fingerprint density at radius 3 is 2.38 bits per heavy atom. The molecule has 1 aliphatic heterocycles. The third-order valence-electron chi connectivity index (χ3n) is 4.97. The SMILES string of the molecule is C=CCOC(=O)C1O[C@H](OC(=O)Cc2ccccc2Nc2c(Cl)cccc2Cl)[C@H](O)C(O)[C@H]1O. The van der Waals surface area contributed by atoms with Crippen LogP contribution in [0, 0.1) is 0 Å². The minimum Gasteiger partial charge on any atom is -0.459 e. The van der Waals surface area contributed by atoms with Crippen LogP contribution in [0.2, 0.25) is 10.0 Å². The Hall–Kier alpha value is -2.66. The van der Waals surface area contributed by atoms with E-state index in [1.54, 1.807) is 42.5 Å². The van der Waals surface area contributed by atoms with Gasteiger partial charge in [0.25, 0.3) is 0 Å². The van der Waals surface area contributed by atoms with Gasteiger partial charge in [-0.2, -0.15) is 0 Å². The number of hydrogen-bond acceptors (Lipinski definition) is 9. The maximum absolute atomic E-state index is 12.6. The summed E-state index contributed by atoms with van der Waals surface area (Å²) in [6, 6.07) is 11.8. The Morgan fingerprint density at radius 2 is 1.71 bits per heavy atom. The Bertz CT molecular complexity index is 1030. The molecule has 0 amide bonds. The van der Waals surface area contributed by atoms with Gasteiger partial charge in [0.1, 0.15) is 24.9 Å². The van der Waals surface area contributed by atoms with E-state index in [-0.39, 0.29) is 13.0 Å². The standard InChI is InChI=1S/C23H23Cl2NO8/c1-2-10-32-22(31)21-19(29)18(28)20(30)23(34-21)33-16(27)11-12-6-3-4-9-15(12)26-17-13(24)7-5-8-14(17)25/h2-9,18-21,23,26,28-30H,1,10-11H2/t18?,19-,20-,21?,23+/m1/s1. The van der Waals surface area contributed by atoms with E-state index in [4.69, 9.17) is 37.4 Å². The average Bonchev–Trinajstić information content (AvgIpc) is 2.81. The first kappa shape index (κ1) is 26.0. The van der Waals surface area contributed by atoms with Crippen molar-refractivity contribution in [2.24, 2.45) is 0 Å². The quantitative estimate of drug-likeness (QED) is 0.311. The highest BCUT2D eigenvalue weighted by Crippen LogP contribution is 2.34. The molecule has 0 saturated carbocycles. The van der Waals surface area contributed by atoms with Crippen LogP contribution in [0.15, 0.2) is 55.1 Å². The smallest absolute Gasteiger partial charge is 0.338 e.